The lowest BCUT2D eigenvalue weighted by molar-refractivity contribution is 0.101. The van der Waals surface area contributed by atoms with Crippen molar-refractivity contribution in [2.24, 2.45) is 0 Å². The van der Waals surface area contributed by atoms with Crippen molar-refractivity contribution in [3.05, 3.63) is 59.1 Å². The van der Waals surface area contributed by atoms with Gasteiger partial charge in [0.1, 0.15) is 11.5 Å². The Kier molecular flexibility index (Phi) is 3.65. The molecule has 1 aromatic heterocycles. The molecule has 0 saturated heterocycles. The molecule has 0 spiro atoms. The summed E-state index contributed by atoms with van der Waals surface area (Å²) in [5.41, 5.74) is 1.77. The molecule has 0 unspecified atom stereocenters. The zero-order valence-corrected chi connectivity index (χ0v) is 13.3. The maximum atomic E-state index is 12.5. The minimum absolute atomic E-state index is 0.113. The van der Waals surface area contributed by atoms with Crippen LogP contribution in [0.5, 0.6) is 11.5 Å². The third-order valence-electron chi connectivity index (χ3n) is 3.20. The first-order valence-electron chi connectivity index (χ1n) is 6.72. The predicted octanol–water partition coefficient (Wildman–Crippen LogP) is 2.34. The summed E-state index contributed by atoms with van der Waals surface area (Å²) in [6.07, 6.45) is 5.79. The van der Waals surface area contributed by atoms with Crippen LogP contribution in [0.15, 0.2) is 42.4 Å². The molecule has 0 fully saturated rings. The van der Waals surface area contributed by atoms with Crippen LogP contribution in [0.25, 0.3) is 6.08 Å². The number of aryl methyl sites for hydroxylation is 1. The van der Waals surface area contributed by atoms with E-state index in [0.717, 1.165) is 11.8 Å². The number of fused-ring (bicyclic) bond motifs is 1. The second kappa shape index (κ2) is 5.51. The average Bonchev–Trinajstić information content (AvgIpc) is 2.75. The lowest BCUT2D eigenvalue weighted by Gasteiger charge is -2.06. The summed E-state index contributed by atoms with van der Waals surface area (Å²) >= 11 is 0. The SMILES string of the molecule is Cc1cc(OS(C)(=O)=O)cc2c1C(=O)C(=Cc1ccncc1)O2. The third kappa shape index (κ3) is 3.24. The first-order chi connectivity index (χ1) is 10.8. The van der Waals surface area contributed by atoms with Crippen LogP contribution in [-0.4, -0.2) is 25.4 Å². The standard InChI is InChI=1S/C16H13NO5S/c1-10-7-12(22-23(2,19)20)9-13-15(10)16(18)14(21-13)8-11-3-5-17-6-4-11/h3-9H,1-2H3. The van der Waals surface area contributed by atoms with Gasteiger partial charge in [0.05, 0.1) is 11.8 Å². The average molecular weight is 331 g/mol. The van der Waals surface area contributed by atoms with Gasteiger partial charge in [0.2, 0.25) is 5.78 Å². The van der Waals surface area contributed by atoms with Crippen LogP contribution in [0.4, 0.5) is 0 Å². The first-order valence-corrected chi connectivity index (χ1v) is 8.53. The number of rotatable bonds is 3. The fraction of sp³-hybridized carbons (Fsp3) is 0.125. The molecule has 1 aromatic carbocycles. The molecule has 0 amide bonds. The fourth-order valence-corrected chi connectivity index (χ4v) is 2.76. The molecule has 2 aromatic rings. The number of ketones is 1. The molecule has 0 saturated carbocycles. The molecule has 0 atom stereocenters. The topological polar surface area (TPSA) is 82.6 Å². The Morgan fingerprint density at radius 3 is 2.57 bits per heavy atom. The van der Waals surface area contributed by atoms with Gasteiger partial charge in [-0.05, 0) is 42.3 Å². The Morgan fingerprint density at radius 2 is 1.91 bits per heavy atom. The van der Waals surface area contributed by atoms with E-state index in [1.165, 1.54) is 12.1 Å². The van der Waals surface area contributed by atoms with Crippen LogP contribution in [0.3, 0.4) is 0 Å². The number of benzene rings is 1. The lowest BCUT2D eigenvalue weighted by Crippen LogP contribution is -2.06. The van der Waals surface area contributed by atoms with E-state index in [9.17, 15) is 13.2 Å². The van der Waals surface area contributed by atoms with E-state index in [1.807, 2.05) is 0 Å². The Balaban J connectivity index is 1.99. The van der Waals surface area contributed by atoms with Crippen molar-refractivity contribution in [1.82, 2.24) is 4.98 Å². The van der Waals surface area contributed by atoms with Crippen LogP contribution in [0.1, 0.15) is 21.5 Å². The van der Waals surface area contributed by atoms with Gasteiger partial charge in [-0.15, -0.1) is 0 Å². The molecule has 0 bridgehead atoms. The van der Waals surface area contributed by atoms with E-state index < -0.39 is 10.1 Å². The van der Waals surface area contributed by atoms with Gasteiger partial charge in [0.15, 0.2) is 5.76 Å². The van der Waals surface area contributed by atoms with E-state index in [4.69, 9.17) is 8.92 Å². The van der Waals surface area contributed by atoms with Gasteiger partial charge >= 0.3 is 10.1 Å². The molecule has 0 aliphatic carbocycles. The third-order valence-corrected chi connectivity index (χ3v) is 3.69. The number of carbonyl (C=O) groups is 1. The summed E-state index contributed by atoms with van der Waals surface area (Å²) in [7, 11) is -3.65. The number of allylic oxidation sites excluding steroid dienone is 1. The van der Waals surface area contributed by atoms with Crippen molar-refractivity contribution in [2.45, 2.75) is 6.92 Å². The second-order valence-electron chi connectivity index (χ2n) is 5.12. The number of nitrogens with zero attached hydrogens (tertiary/aromatic N) is 1. The van der Waals surface area contributed by atoms with E-state index in [2.05, 4.69) is 4.98 Å². The van der Waals surface area contributed by atoms with Gasteiger partial charge in [-0.25, -0.2) is 0 Å². The molecule has 3 rings (SSSR count). The van der Waals surface area contributed by atoms with E-state index in [-0.39, 0.29) is 23.0 Å². The molecule has 23 heavy (non-hydrogen) atoms. The van der Waals surface area contributed by atoms with Gasteiger partial charge in [-0.2, -0.15) is 8.42 Å². The van der Waals surface area contributed by atoms with Crippen LogP contribution in [-0.2, 0) is 10.1 Å². The fourth-order valence-electron chi connectivity index (χ4n) is 2.31. The van der Waals surface area contributed by atoms with E-state index in [0.29, 0.717) is 11.1 Å². The normalized spacial score (nSPS) is 15.4. The maximum absolute atomic E-state index is 12.5. The minimum Gasteiger partial charge on any atom is -0.452 e. The van der Waals surface area contributed by atoms with Crippen LogP contribution < -0.4 is 8.92 Å². The van der Waals surface area contributed by atoms with Gasteiger partial charge in [-0.1, -0.05) is 0 Å². The van der Waals surface area contributed by atoms with Gasteiger partial charge in [0.25, 0.3) is 0 Å². The van der Waals surface area contributed by atoms with Crippen molar-refractivity contribution < 1.29 is 22.1 Å². The summed E-state index contributed by atoms with van der Waals surface area (Å²) in [6.45, 7) is 1.70. The Hall–Kier alpha value is -2.67. The Labute approximate surface area is 133 Å². The predicted molar refractivity (Wildman–Crippen MR) is 83.8 cm³/mol. The molecule has 7 heteroatoms. The smallest absolute Gasteiger partial charge is 0.306 e. The zero-order chi connectivity index (χ0) is 16.6. The second-order valence-corrected chi connectivity index (χ2v) is 6.70. The Bertz CT molecular complexity index is 917. The van der Waals surface area contributed by atoms with Gasteiger partial charge < -0.3 is 8.92 Å². The molecular formula is C16H13NO5S. The molecule has 0 radical (unpaired) electrons. The van der Waals surface area contributed by atoms with Crippen LogP contribution in [0.2, 0.25) is 0 Å². The molecule has 6 nitrogen and oxygen atoms in total. The molecule has 118 valence electrons. The van der Waals surface area contributed by atoms with E-state index in [1.54, 1.807) is 37.5 Å². The van der Waals surface area contributed by atoms with Crippen molar-refractivity contribution in [3.63, 3.8) is 0 Å². The highest BCUT2D eigenvalue weighted by Crippen LogP contribution is 2.37. The van der Waals surface area contributed by atoms with E-state index >= 15 is 0 Å². The minimum atomic E-state index is -3.65. The Morgan fingerprint density at radius 1 is 1.22 bits per heavy atom. The van der Waals surface area contributed by atoms with Crippen molar-refractivity contribution in [2.75, 3.05) is 6.26 Å². The first kappa shape index (κ1) is 15.2. The van der Waals surface area contributed by atoms with Gasteiger partial charge in [0, 0.05) is 18.5 Å². The molecule has 1 aliphatic heterocycles. The number of pyridine rings is 1. The summed E-state index contributed by atoms with van der Waals surface area (Å²) in [6, 6.07) is 6.39. The summed E-state index contributed by atoms with van der Waals surface area (Å²) in [5, 5.41) is 0. The lowest BCUT2D eigenvalue weighted by atomic mass is 10.0. The molecule has 2 heterocycles. The summed E-state index contributed by atoms with van der Waals surface area (Å²) in [5.74, 6) is 0.321. The molecular weight excluding hydrogens is 318 g/mol. The van der Waals surface area contributed by atoms with Crippen LogP contribution >= 0.6 is 0 Å². The summed E-state index contributed by atoms with van der Waals surface area (Å²) < 4.78 is 32.9. The number of carbonyl (C=O) groups excluding carboxylic acids is 1. The maximum Gasteiger partial charge on any atom is 0.306 e. The monoisotopic (exact) mass is 331 g/mol. The number of ether oxygens (including phenoxy) is 1. The molecule has 1 aliphatic rings. The van der Waals surface area contributed by atoms with Crippen molar-refractivity contribution in [3.8, 4) is 11.5 Å². The zero-order valence-electron chi connectivity index (χ0n) is 12.4. The quantitative estimate of drug-likeness (QED) is 0.634. The van der Waals surface area contributed by atoms with Crippen molar-refractivity contribution >= 4 is 22.0 Å². The highest BCUT2D eigenvalue weighted by molar-refractivity contribution is 7.86. The summed E-state index contributed by atoms with van der Waals surface area (Å²) in [4.78, 5) is 16.4. The van der Waals surface area contributed by atoms with Crippen molar-refractivity contribution in [1.29, 1.82) is 0 Å². The number of aromatic nitrogens is 1. The number of Topliss-reactive ketones (excluding diaryl/α,β-unsaturated/α-hetero) is 1. The largest absolute Gasteiger partial charge is 0.452 e. The van der Waals surface area contributed by atoms with Gasteiger partial charge in [-0.3, -0.25) is 9.78 Å². The number of hydrogen-bond donors (Lipinski definition) is 0. The highest BCUT2D eigenvalue weighted by atomic mass is 32.2. The number of hydrogen-bond acceptors (Lipinski definition) is 6. The highest BCUT2D eigenvalue weighted by Gasteiger charge is 2.30. The van der Waals surface area contributed by atoms with Crippen LogP contribution in [0, 0.1) is 6.92 Å². The molecule has 0 N–H and O–H groups in total.